The third-order valence-electron chi connectivity index (χ3n) is 5.77. The number of carbonyl (C=O) groups excluding carboxylic acids is 2. The van der Waals surface area contributed by atoms with E-state index >= 15 is 0 Å². The second kappa shape index (κ2) is 8.84. The maximum atomic E-state index is 12.7. The van der Waals surface area contributed by atoms with Crippen molar-refractivity contribution in [1.29, 1.82) is 0 Å². The number of carbonyl (C=O) groups is 2. The molecule has 2 aliphatic heterocycles. The van der Waals surface area contributed by atoms with Gasteiger partial charge in [-0.15, -0.1) is 0 Å². The molecule has 1 aromatic rings. The maximum absolute atomic E-state index is 12.7. The van der Waals surface area contributed by atoms with Crippen molar-refractivity contribution in [3.05, 3.63) is 29.8 Å². The number of anilines is 1. The third-order valence-corrected chi connectivity index (χ3v) is 5.77. The summed E-state index contributed by atoms with van der Waals surface area (Å²) in [6, 6.07) is 8.50. The minimum Gasteiger partial charge on any atom is -0.447 e. The molecule has 2 amide bonds. The van der Waals surface area contributed by atoms with Gasteiger partial charge in [0.1, 0.15) is 6.61 Å². The zero-order valence-electron chi connectivity index (χ0n) is 17.6. The van der Waals surface area contributed by atoms with Gasteiger partial charge in [0.05, 0.1) is 12.5 Å². The summed E-state index contributed by atoms with van der Waals surface area (Å²) in [5.74, 6) is 0.696. The highest BCUT2D eigenvalue weighted by atomic mass is 16.6. The number of amides is 2. The highest BCUT2D eigenvalue weighted by Crippen LogP contribution is 2.27. The minimum absolute atomic E-state index is 0.166. The van der Waals surface area contributed by atoms with E-state index in [1.165, 1.54) is 0 Å². The van der Waals surface area contributed by atoms with E-state index in [-0.39, 0.29) is 24.1 Å². The number of likely N-dealkylation sites (tertiary alicyclic amines) is 1. The zero-order valence-corrected chi connectivity index (χ0v) is 17.6. The fraction of sp³-hybridized carbons (Fsp3) is 0.636. The summed E-state index contributed by atoms with van der Waals surface area (Å²) in [5, 5.41) is 0. The second-order valence-corrected chi connectivity index (χ2v) is 8.62. The van der Waals surface area contributed by atoms with Crippen molar-refractivity contribution in [2.24, 2.45) is 5.92 Å². The SMILES string of the molecule is CC(C)CC1COC(=O)N1C1CCN(C(=O)Cc2ccc(N(C)C)cc2)CC1. The van der Waals surface area contributed by atoms with Crippen LogP contribution < -0.4 is 4.90 Å². The number of ether oxygens (including phenoxy) is 1. The number of benzene rings is 1. The third kappa shape index (κ3) is 4.78. The monoisotopic (exact) mass is 387 g/mol. The van der Waals surface area contributed by atoms with Crippen LogP contribution >= 0.6 is 0 Å². The van der Waals surface area contributed by atoms with Crippen molar-refractivity contribution in [1.82, 2.24) is 9.80 Å². The Morgan fingerprint density at radius 1 is 1.18 bits per heavy atom. The number of hydrogen-bond acceptors (Lipinski definition) is 4. The molecule has 0 aromatic heterocycles. The lowest BCUT2D eigenvalue weighted by atomic mass is 9.98. The van der Waals surface area contributed by atoms with Crippen molar-refractivity contribution < 1.29 is 14.3 Å². The van der Waals surface area contributed by atoms with Crippen LogP contribution in [0.5, 0.6) is 0 Å². The van der Waals surface area contributed by atoms with Crippen LogP contribution in [0.15, 0.2) is 24.3 Å². The molecule has 0 radical (unpaired) electrons. The average Bonchev–Trinajstić information content (AvgIpc) is 3.01. The maximum Gasteiger partial charge on any atom is 0.410 e. The zero-order chi connectivity index (χ0) is 20.3. The van der Waals surface area contributed by atoms with Crippen LogP contribution in [0.3, 0.4) is 0 Å². The van der Waals surface area contributed by atoms with Gasteiger partial charge in [0.2, 0.25) is 5.91 Å². The highest BCUT2D eigenvalue weighted by Gasteiger charge is 2.39. The molecule has 2 aliphatic rings. The summed E-state index contributed by atoms with van der Waals surface area (Å²) < 4.78 is 5.31. The van der Waals surface area contributed by atoms with Crippen LogP contribution in [0.25, 0.3) is 0 Å². The van der Waals surface area contributed by atoms with Gasteiger partial charge in [0, 0.05) is 38.9 Å². The number of rotatable bonds is 6. The Bertz CT molecular complexity index is 679. The van der Waals surface area contributed by atoms with Crippen LogP contribution in [0.2, 0.25) is 0 Å². The quantitative estimate of drug-likeness (QED) is 0.752. The largest absolute Gasteiger partial charge is 0.447 e. The molecule has 2 fully saturated rings. The van der Waals surface area contributed by atoms with Gasteiger partial charge in [0.25, 0.3) is 0 Å². The summed E-state index contributed by atoms with van der Waals surface area (Å²) in [5.41, 5.74) is 2.17. The van der Waals surface area contributed by atoms with Crippen LogP contribution in [0.4, 0.5) is 10.5 Å². The molecule has 6 heteroatoms. The first-order valence-corrected chi connectivity index (χ1v) is 10.3. The molecular formula is C22H33N3O3. The number of nitrogens with zero attached hydrogens (tertiary/aromatic N) is 3. The van der Waals surface area contributed by atoms with Crippen LogP contribution in [0, 0.1) is 5.92 Å². The van der Waals surface area contributed by atoms with E-state index in [2.05, 4.69) is 13.8 Å². The lowest BCUT2D eigenvalue weighted by Gasteiger charge is -2.38. The molecule has 0 N–H and O–H groups in total. The van der Waals surface area contributed by atoms with Crippen molar-refractivity contribution in [2.75, 3.05) is 38.7 Å². The van der Waals surface area contributed by atoms with Gasteiger partial charge < -0.3 is 14.5 Å². The molecule has 0 aliphatic carbocycles. The van der Waals surface area contributed by atoms with Gasteiger partial charge in [-0.25, -0.2) is 4.79 Å². The van der Waals surface area contributed by atoms with Gasteiger partial charge >= 0.3 is 6.09 Å². The summed E-state index contributed by atoms with van der Waals surface area (Å²) in [4.78, 5) is 30.8. The van der Waals surface area contributed by atoms with Gasteiger partial charge in [-0.05, 0) is 42.9 Å². The van der Waals surface area contributed by atoms with Crippen molar-refractivity contribution in [2.45, 2.75) is 51.6 Å². The Morgan fingerprint density at radius 3 is 2.39 bits per heavy atom. The Hall–Kier alpha value is -2.24. The Balaban J connectivity index is 1.53. The van der Waals surface area contributed by atoms with Gasteiger partial charge in [-0.2, -0.15) is 0 Å². The van der Waals surface area contributed by atoms with Crippen LogP contribution in [-0.2, 0) is 16.0 Å². The van der Waals surface area contributed by atoms with Crippen molar-refractivity contribution in [3.8, 4) is 0 Å². The molecule has 2 heterocycles. The topological polar surface area (TPSA) is 53.1 Å². The molecule has 0 spiro atoms. The van der Waals surface area contributed by atoms with Gasteiger partial charge in [0.15, 0.2) is 0 Å². The molecule has 1 aromatic carbocycles. The lowest BCUT2D eigenvalue weighted by Crippen LogP contribution is -2.50. The van der Waals surface area contributed by atoms with E-state index in [9.17, 15) is 9.59 Å². The first-order valence-electron chi connectivity index (χ1n) is 10.3. The predicted molar refractivity (Wildman–Crippen MR) is 111 cm³/mol. The number of cyclic esters (lactones) is 1. The van der Waals surface area contributed by atoms with Crippen molar-refractivity contribution >= 4 is 17.7 Å². The molecule has 3 rings (SSSR count). The molecule has 2 saturated heterocycles. The van der Waals surface area contributed by atoms with E-state index in [0.717, 1.165) is 30.5 Å². The molecule has 154 valence electrons. The molecule has 1 atom stereocenters. The van der Waals surface area contributed by atoms with Crippen LogP contribution in [0.1, 0.15) is 38.7 Å². The van der Waals surface area contributed by atoms with E-state index in [4.69, 9.17) is 4.74 Å². The van der Waals surface area contributed by atoms with E-state index in [1.807, 2.05) is 53.1 Å². The Kier molecular flexibility index (Phi) is 6.47. The average molecular weight is 388 g/mol. The Labute approximate surface area is 168 Å². The van der Waals surface area contributed by atoms with Crippen LogP contribution in [-0.4, -0.2) is 67.7 Å². The number of piperidine rings is 1. The Morgan fingerprint density at radius 2 is 1.82 bits per heavy atom. The van der Waals surface area contributed by atoms with E-state index in [0.29, 0.717) is 32.0 Å². The van der Waals surface area contributed by atoms with E-state index < -0.39 is 0 Å². The lowest BCUT2D eigenvalue weighted by molar-refractivity contribution is -0.131. The fourth-order valence-corrected chi connectivity index (χ4v) is 4.24. The summed E-state index contributed by atoms with van der Waals surface area (Å²) in [6.07, 6.45) is 2.87. The first-order chi connectivity index (χ1) is 13.3. The predicted octanol–water partition coefficient (Wildman–Crippen LogP) is 3.15. The van der Waals surface area contributed by atoms with Crippen molar-refractivity contribution in [3.63, 3.8) is 0 Å². The highest BCUT2D eigenvalue weighted by molar-refractivity contribution is 5.79. The molecule has 6 nitrogen and oxygen atoms in total. The van der Waals surface area contributed by atoms with E-state index in [1.54, 1.807) is 0 Å². The smallest absolute Gasteiger partial charge is 0.410 e. The minimum atomic E-state index is -0.184. The molecular weight excluding hydrogens is 354 g/mol. The first kappa shape index (κ1) is 20.5. The molecule has 1 unspecified atom stereocenters. The van der Waals surface area contributed by atoms with Gasteiger partial charge in [-0.3, -0.25) is 9.69 Å². The molecule has 28 heavy (non-hydrogen) atoms. The second-order valence-electron chi connectivity index (χ2n) is 8.62. The fourth-order valence-electron chi connectivity index (χ4n) is 4.24. The normalized spacial score (nSPS) is 20.6. The summed E-state index contributed by atoms with van der Waals surface area (Å²) in [7, 11) is 4.01. The van der Waals surface area contributed by atoms with Gasteiger partial charge in [-0.1, -0.05) is 26.0 Å². The summed E-state index contributed by atoms with van der Waals surface area (Å²) >= 11 is 0. The standard InChI is InChI=1S/C22H33N3O3/c1-16(2)13-20-15-28-22(27)25(20)19-9-11-24(12-10-19)21(26)14-17-5-7-18(8-6-17)23(3)4/h5-8,16,19-20H,9-15H2,1-4H3. The number of hydrogen-bond donors (Lipinski definition) is 0. The molecule has 0 bridgehead atoms. The summed E-state index contributed by atoms with van der Waals surface area (Å²) in [6.45, 7) is 6.26. The molecule has 0 saturated carbocycles.